The first-order valence-corrected chi connectivity index (χ1v) is 6.84. The summed E-state index contributed by atoms with van der Waals surface area (Å²) in [6, 6.07) is 7.49. The predicted octanol–water partition coefficient (Wildman–Crippen LogP) is 2.58. The summed E-state index contributed by atoms with van der Waals surface area (Å²) in [5, 5.41) is 2.76. The molecule has 1 N–H and O–H groups in total. The normalized spacial score (nSPS) is 9.47. The van der Waals surface area contributed by atoms with E-state index in [-0.39, 0.29) is 31.3 Å². The Hall–Kier alpha value is -1.55. The van der Waals surface area contributed by atoms with Gasteiger partial charge in [-0.25, -0.2) is 0 Å². The van der Waals surface area contributed by atoms with Crippen molar-refractivity contribution in [1.82, 2.24) is 0 Å². The van der Waals surface area contributed by atoms with Gasteiger partial charge >= 0.3 is 5.97 Å². The first-order chi connectivity index (χ1) is 9.11. The van der Waals surface area contributed by atoms with Crippen molar-refractivity contribution >= 4 is 40.2 Å². The zero-order chi connectivity index (χ0) is 14.1. The van der Waals surface area contributed by atoms with Gasteiger partial charge in [0.1, 0.15) is 0 Å². The minimum Gasteiger partial charge on any atom is -0.452 e. The number of ether oxygens (including phenoxy) is 1. The van der Waals surface area contributed by atoms with Crippen LogP contribution in [0.15, 0.2) is 24.3 Å². The number of carbonyl (C=O) groups is 2. The summed E-state index contributed by atoms with van der Waals surface area (Å²) in [6.07, 6.45) is 5.87. The highest BCUT2D eigenvalue weighted by Crippen LogP contribution is 2.11. The third kappa shape index (κ3) is 6.82. The summed E-state index contributed by atoms with van der Waals surface area (Å²) < 4.78 is 5.80. The molecule has 0 aliphatic rings. The molecule has 4 nitrogen and oxygen atoms in total. The molecule has 1 amide bonds. The third-order valence-electron chi connectivity index (χ3n) is 2.23. The standard InChI is InChI=1S/C14H14INO3/c1-2-10-19-14(18)5-3-4-13(17)16-12-8-6-11(15)7-9-12/h1,6-9H,3-5,10H2,(H,16,17). The topological polar surface area (TPSA) is 55.4 Å². The first kappa shape index (κ1) is 15.5. The molecular weight excluding hydrogens is 357 g/mol. The Morgan fingerprint density at radius 1 is 1.26 bits per heavy atom. The van der Waals surface area contributed by atoms with Crippen molar-refractivity contribution in [3.63, 3.8) is 0 Å². The van der Waals surface area contributed by atoms with Crippen LogP contribution in [0, 0.1) is 15.9 Å². The molecule has 0 atom stereocenters. The molecule has 0 aliphatic heterocycles. The number of amides is 1. The van der Waals surface area contributed by atoms with Crippen molar-refractivity contribution in [2.75, 3.05) is 11.9 Å². The molecule has 0 bridgehead atoms. The van der Waals surface area contributed by atoms with Gasteiger partial charge in [0, 0.05) is 22.1 Å². The van der Waals surface area contributed by atoms with Gasteiger partial charge in [-0.15, -0.1) is 6.42 Å². The van der Waals surface area contributed by atoms with Gasteiger partial charge in [0.15, 0.2) is 6.61 Å². The van der Waals surface area contributed by atoms with E-state index in [1.165, 1.54) is 0 Å². The van der Waals surface area contributed by atoms with Gasteiger partial charge in [0.2, 0.25) is 5.91 Å². The van der Waals surface area contributed by atoms with Crippen molar-refractivity contribution in [1.29, 1.82) is 0 Å². The Balaban J connectivity index is 2.23. The lowest BCUT2D eigenvalue weighted by Crippen LogP contribution is -2.12. The Morgan fingerprint density at radius 3 is 2.58 bits per heavy atom. The lowest BCUT2D eigenvalue weighted by molar-refractivity contribution is -0.142. The smallest absolute Gasteiger partial charge is 0.306 e. The zero-order valence-corrected chi connectivity index (χ0v) is 12.5. The lowest BCUT2D eigenvalue weighted by Gasteiger charge is -2.05. The highest BCUT2D eigenvalue weighted by Gasteiger charge is 2.06. The van der Waals surface area contributed by atoms with Crippen LogP contribution in [-0.4, -0.2) is 18.5 Å². The van der Waals surface area contributed by atoms with Crippen LogP contribution >= 0.6 is 22.6 Å². The third-order valence-corrected chi connectivity index (χ3v) is 2.95. The Bertz CT molecular complexity index is 476. The number of nitrogens with one attached hydrogen (secondary N) is 1. The molecule has 0 aromatic heterocycles. The minimum atomic E-state index is -0.375. The van der Waals surface area contributed by atoms with Crippen molar-refractivity contribution in [3.05, 3.63) is 27.8 Å². The molecule has 0 saturated carbocycles. The van der Waals surface area contributed by atoms with Crippen LogP contribution in [0.5, 0.6) is 0 Å². The maximum absolute atomic E-state index is 11.6. The fourth-order valence-corrected chi connectivity index (χ4v) is 1.70. The van der Waals surface area contributed by atoms with Gasteiger partial charge in [-0.3, -0.25) is 9.59 Å². The molecule has 0 radical (unpaired) electrons. The number of hydrogen-bond donors (Lipinski definition) is 1. The summed E-state index contributed by atoms with van der Waals surface area (Å²) in [6.45, 7) is -0.0202. The highest BCUT2D eigenvalue weighted by molar-refractivity contribution is 14.1. The second-order valence-corrected chi connectivity index (χ2v) is 5.02. The number of rotatable bonds is 6. The molecule has 0 fully saturated rings. The van der Waals surface area contributed by atoms with Crippen LogP contribution in [-0.2, 0) is 14.3 Å². The molecular formula is C14H14INO3. The van der Waals surface area contributed by atoms with E-state index in [1.54, 1.807) is 0 Å². The molecule has 0 spiro atoms. The van der Waals surface area contributed by atoms with Gasteiger partial charge in [-0.1, -0.05) is 5.92 Å². The van der Waals surface area contributed by atoms with Gasteiger partial charge in [-0.05, 0) is 53.3 Å². The number of carbonyl (C=O) groups excluding carboxylic acids is 2. The summed E-state index contributed by atoms with van der Waals surface area (Å²) in [5.74, 6) is 1.72. The van der Waals surface area contributed by atoms with Gasteiger partial charge in [0.25, 0.3) is 0 Å². The maximum atomic E-state index is 11.6. The molecule has 0 saturated heterocycles. The van der Waals surface area contributed by atoms with E-state index in [9.17, 15) is 9.59 Å². The number of benzene rings is 1. The number of halogens is 1. The fourth-order valence-electron chi connectivity index (χ4n) is 1.34. The van der Waals surface area contributed by atoms with Gasteiger partial charge < -0.3 is 10.1 Å². The number of anilines is 1. The summed E-state index contributed by atoms with van der Waals surface area (Å²) >= 11 is 2.19. The number of terminal acetylenes is 1. The van der Waals surface area contributed by atoms with Crippen molar-refractivity contribution in [2.45, 2.75) is 19.3 Å². The van der Waals surface area contributed by atoms with E-state index in [2.05, 4.69) is 33.8 Å². The molecule has 1 aromatic carbocycles. The maximum Gasteiger partial charge on any atom is 0.306 e. The second-order valence-electron chi connectivity index (χ2n) is 3.77. The van der Waals surface area contributed by atoms with Crippen LogP contribution in [0.25, 0.3) is 0 Å². The molecule has 1 aromatic rings. The fraction of sp³-hybridized carbons (Fsp3) is 0.286. The van der Waals surface area contributed by atoms with Gasteiger partial charge in [0.05, 0.1) is 0 Å². The van der Waals surface area contributed by atoms with E-state index in [4.69, 9.17) is 11.2 Å². The minimum absolute atomic E-state index is 0.0202. The van der Waals surface area contributed by atoms with Gasteiger partial charge in [-0.2, -0.15) is 0 Å². The second kappa shape index (κ2) is 8.53. The van der Waals surface area contributed by atoms with Crippen molar-refractivity contribution < 1.29 is 14.3 Å². The van der Waals surface area contributed by atoms with Crippen LogP contribution in [0.4, 0.5) is 5.69 Å². The Labute approximate surface area is 126 Å². The monoisotopic (exact) mass is 371 g/mol. The SMILES string of the molecule is C#CCOC(=O)CCCC(=O)Nc1ccc(I)cc1. The van der Waals surface area contributed by atoms with E-state index in [1.807, 2.05) is 24.3 Å². The molecule has 100 valence electrons. The molecule has 5 heteroatoms. The predicted molar refractivity (Wildman–Crippen MR) is 81.4 cm³/mol. The largest absolute Gasteiger partial charge is 0.452 e. The molecule has 1 rings (SSSR count). The number of hydrogen-bond acceptors (Lipinski definition) is 3. The summed E-state index contributed by atoms with van der Waals surface area (Å²) in [7, 11) is 0. The van der Waals surface area contributed by atoms with Crippen LogP contribution in [0.3, 0.4) is 0 Å². The molecule has 0 unspecified atom stereocenters. The van der Waals surface area contributed by atoms with Crippen LogP contribution in [0.2, 0.25) is 0 Å². The summed E-state index contributed by atoms with van der Waals surface area (Å²) in [4.78, 5) is 22.7. The number of esters is 1. The average Bonchev–Trinajstić information content (AvgIpc) is 2.39. The molecule has 0 aliphatic carbocycles. The molecule has 19 heavy (non-hydrogen) atoms. The quantitative estimate of drug-likeness (QED) is 0.475. The van der Waals surface area contributed by atoms with Crippen molar-refractivity contribution in [3.8, 4) is 12.3 Å². The van der Waals surface area contributed by atoms with E-state index >= 15 is 0 Å². The van der Waals surface area contributed by atoms with Crippen molar-refractivity contribution in [2.24, 2.45) is 0 Å². The van der Waals surface area contributed by atoms with E-state index < -0.39 is 0 Å². The van der Waals surface area contributed by atoms with E-state index in [0.29, 0.717) is 6.42 Å². The Kier molecular flexibility index (Phi) is 6.97. The lowest BCUT2D eigenvalue weighted by atomic mass is 10.2. The van der Waals surface area contributed by atoms with E-state index in [0.717, 1.165) is 9.26 Å². The van der Waals surface area contributed by atoms with Crippen LogP contribution in [0.1, 0.15) is 19.3 Å². The Morgan fingerprint density at radius 2 is 1.95 bits per heavy atom. The highest BCUT2D eigenvalue weighted by atomic mass is 127. The average molecular weight is 371 g/mol. The van der Waals surface area contributed by atoms with Crippen LogP contribution < -0.4 is 5.32 Å². The molecule has 0 heterocycles. The summed E-state index contributed by atoms with van der Waals surface area (Å²) in [5.41, 5.74) is 0.750. The zero-order valence-electron chi connectivity index (χ0n) is 10.3. The first-order valence-electron chi connectivity index (χ1n) is 5.76.